The fourth-order valence-electron chi connectivity index (χ4n) is 4.25. The maximum absolute atomic E-state index is 4.78. The minimum Gasteiger partial charge on any atom is -0.285 e. The van der Waals surface area contributed by atoms with Crippen LogP contribution in [0, 0.1) is 19.3 Å². The fraction of sp³-hybridized carbons (Fsp3) is 0.625. The first-order valence-corrected chi connectivity index (χ1v) is 7.51. The second-order valence-corrected chi connectivity index (χ2v) is 6.56. The van der Waals surface area contributed by atoms with Gasteiger partial charge in [-0.3, -0.25) is 4.40 Å². The minimum atomic E-state index is 0.584. The van der Waals surface area contributed by atoms with Crippen molar-refractivity contribution < 1.29 is 0 Å². The summed E-state index contributed by atoms with van der Waals surface area (Å²) in [6, 6.07) is 2.17. The average molecular weight is 255 g/mol. The van der Waals surface area contributed by atoms with Crippen molar-refractivity contribution in [3.05, 3.63) is 28.8 Å². The topological polar surface area (TPSA) is 30.2 Å². The van der Waals surface area contributed by atoms with Crippen molar-refractivity contribution in [2.24, 2.45) is 5.41 Å². The molecule has 2 aliphatic rings. The Hall–Kier alpha value is -1.38. The van der Waals surface area contributed by atoms with Crippen LogP contribution in [0.3, 0.4) is 0 Å². The molecule has 0 bridgehead atoms. The first-order chi connectivity index (χ1) is 9.17. The van der Waals surface area contributed by atoms with E-state index in [-0.39, 0.29) is 0 Å². The summed E-state index contributed by atoms with van der Waals surface area (Å²) in [6.45, 7) is 4.23. The number of aromatic nitrogens is 3. The number of aryl methyl sites for hydroxylation is 3. The van der Waals surface area contributed by atoms with E-state index in [1.54, 1.807) is 0 Å². The summed E-state index contributed by atoms with van der Waals surface area (Å²) in [5, 5.41) is 0. The molecule has 3 heteroatoms. The molecule has 0 aliphatic heterocycles. The van der Waals surface area contributed by atoms with Crippen molar-refractivity contribution in [3.63, 3.8) is 0 Å². The van der Waals surface area contributed by atoms with Gasteiger partial charge < -0.3 is 0 Å². The number of hydrogen-bond acceptors (Lipinski definition) is 2. The van der Waals surface area contributed by atoms with Gasteiger partial charge in [0.15, 0.2) is 0 Å². The molecule has 2 aromatic heterocycles. The van der Waals surface area contributed by atoms with Crippen LogP contribution in [0.25, 0.3) is 5.78 Å². The predicted molar refractivity (Wildman–Crippen MR) is 75.4 cm³/mol. The maximum Gasteiger partial charge on any atom is 0.234 e. The molecule has 0 atom stereocenters. The molecule has 4 rings (SSSR count). The van der Waals surface area contributed by atoms with Gasteiger partial charge in [0, 0.05) is 17.1 Å². The second-order valence-electron chi connectivity index (χ2n) is 6.56. The number of nitrogens with zero attached hydrogens (tertiary/aromatic N) is 3. The van der Waals surface area contributed by atoms with Crippen LogP contribution in [0.4, 0.5) is 0 Å². The highest BCUT2D eigenvalue weighted by Crippen LogP contribution is 2.47. The average Bonchev–Trinajstić information content (AvgIpc) is 2.94. The van der Waals surface area contributed by atoms with Crippen LogP contribution >= 0.6 is 0 Å². The van der Waals surface area contributed by atoms with Gasteiger partial charge in [-0.15, -0.1) is 0 Å². The van der Waals surface area contributed by atoms with Gasteiger partial charge in [0.05, 0.1) is 5.69 Å². The number of fused-ring (bicyclic) bond motifs is 3. The molecule has 100 valence electrons. The summed E-state index contributed by atoms with van der Waals surface area (Å²) in [5.41, 5.74) is 5.70. The Bertz CT molecular complexity index is 648. The van der Waals surface area contributed by atoms with E-state index in [2.05, 4.69) is 29.3 Å². The Labute approximate surface area is 114 Å². The molecule has 0 saturated heterocycles. The highest BCUT2D eigenvalue weighted by atomic mass is 15.1. The Kier molecular flexibility index (Phi) is 2.30. The smallest absolute Gasteiger partial charge is 0.234 e. The summed E-state index contributed by atoms with van der Waals surface area (Å²) >= 11 is 0. The van der Waals surface area contributed by atoms with Crippen LogP contribution in [0.2, 0.25) is 0 Å². The van der Waals surface area contributed by atoms with Crippen LogP contribution in [-0.4, -0.2) is 14.4 Å². The van der Waals surface area contributed by atoms with Crippen LogP contribution in [0.1, 0.15) is 54.9 Å². The second kappa shape index (κ2) is 3.81. The lowest BCUT2D eigenvalue weighted by atomic mass is 9.73. The van der Waals surface area contributed by atoms with E-state index < -0.39 is 0 Å². The van der Waals surface area contributed by atoms with Gasteiger partial charge in [0.1, 0.15) is 0 Å². The van der Waals surface area contributed by atoms with E-state index in [9.17, 15) is 0 Å². The molecule has 0 aromatic carbocycles. The largest absolute Gasteiger partial charge is 0.285 e. The Balaban J connectivity index is 1.89. The van der Waals surface area contributed by atoms with Crippen LogP contribution in [-0.2, 0) is 12.8 Å². The zero-order chi connectivity index (χ0) is 13.0. The lowest BCUT2D eigenvalue weighted by molar-refractivity contribution is 0.250. The molecule has 0 unspecified atom stereocenters. The lowest BCUT2D eigenvalue weighted by Crippen LogP contribution is -2.26. The van der Waals surface area contributed by atoms with Gasteiger partial charge in [-0.1, -0.05) is 12.8 Å². The van der Waals surface area contributed by atoms with E-state index in [0.29, 0.717) is 5.41 Å². The highest BCUT2D eigenvalue weighted by molar-refractivity contribution is 5.41. The third kappa shape index (κ3) is 1.63. The predicted octanol–water partition coefficient (Wildman–Crippen LogP) is 3.40. The minimum absolute atomic E-state index is 0.584. The zero-order valence-electron chi connectivity index (χ0n) is 11.9. The molecule has 0 radical (unpaired) electrons. The molecule has 2 aliphatic carbocycles. The SMILES string of the molecule is Cc1cc(C)n2c3c(nc2n1)CCC1(CCCC1)C3. The Morgan fingerprint density at radius 3 is 2.68 bits per heavy atom. The van der Waals surface area contributed by atoms with Crippen molar-refractivity contribution in [3.8, 4) is 0 Å². The third-order valence-corrected chi connectivity index (χ3v) is 5.18. The standard InChI is InChI=1S/C16H21N3/c1-11-9-12(2)19-14-10-16(6-3-4-7-16)8-5-13(14)18-15(19)17-11/h9H,3-8,10H2,1-2H3. The van der Waals surface area contributed by atoms with Crippen molar-refractivity contribution in [2.75, 3.05) is 0 Å². The molecule has 1 saturated carbocycles. The van der Waals surface area contributed by atoms with Crippen LogP contribution in [0.15, 0.2) is 6.07 Å². The quantitative estimate of drug-likeness (QED) is 0.722. The number of imidazole rings is 1. The lowest BCUT2D eigenvalue weighted by Gasteiger charge is -2.33. The van der Waals surface area contributed by atoms with Crippen molar-refractivity contribution >= 4 is 5.78 Å². The fourth-order valence-corrected chi connectivity index (χ4v) is 4.25. The van der Waals surface area contributed by atoms with Gasteiger partial charge >= 0.3 is 0 Å². The van der Waals surface area contributed by atoms with E-state index >= 15 is 0 Å². The summed E-state index contributed by atoms with van der Waals surface area (Å²) in [7, 11) is 0. The molecule has 0 N–H and O–H groups in total. The molecule has 1 fully saturated rings. The summed E-state index contributed by atoms with van der Waals surface area (Å²) < 4.78 is 2.31. The van der Waals surface area contributed by atoms with Gasteiger partial charge in [-0.05, 0) is 57.4 Å². The van der Waals surface area contributed by atoms with Crippen LogP contribution < -0.4 is 0 Å². The van der Waals surface area contributed by atoms with Gasteiger partial charge in [0.25, 0.3) is 0 Å². The monoisotopic (exact) mass is 255 g/mol. The molecule has 19 heavy (non-hydrogen) atoms. The van der Waals surface area contributed by atoms with Crippen molar-refractivity contribution in [1.82, 2.24) is 14.4 Å². The molecule has 2 heterocycles. The summed E-state index contributed by atoms with van der Waals surface area (Å²) in [5.74, 6) is 0.914. The molecular formula is C16H21N3. The van der Waals surface area contributed by atoms with E-state index in [4.69, 9.17) is 4.98 Å². The van der Waals surface area contributed by atoms with Crippen molar-refractivity contribution in [2.45, 2.75) is 58.8 Å². The summed E-state index contributed by atoms with van der Waals surface area (Å²) in [4.78, 5) is 9.39. The molecule has 2 aromatic rings. The van der Waals surface area contributed by atoms with Crippen LogP contribution in [0.5, 0.6) is 0 Å². The van der Waals surface area contributed by atoms with E-state index in [1.165, 1.54) is 55.6 Å². The molecule has 0 amide bonds. The molecule has 1 spiro atoms. The van der Waals surface area contributed by atoms with Gasteiger partial charge in [-0.25, -0.2) is 9.97 Å². The third-order valence-electron chi connectivity index (χ3n) is 5.18. The van der Waals surface area contributed by atoms with E-state index in [1.807, 2.05) is 0 Å². The Morgan fingerprint density at radius 1 is 1.11 bits per heavy atom. The maximum atomic E-state index is 4.78. The normalized spacial score (nSPS) is 21.2. The molecule has 3 nitrogen and oxygen atoms in total. The highest BCUT2D eigenvalue weighted by Gasteiger charge is 2.39. The van der Waals surface area contributed by atoms with Gasteiger partial charge in [-0.2, -0.15) is 0 Å². The van der Waals surface area contributed by atoms with Gasteiger partial charge in [0.2, 0.25) is 5.78 Å². The van der Waals surface area contributed by atoms with E-state index in [0.717, 1.165) is 17.9 Å². The van der Waals surface area contributed by atoms with Crippen molar-refractivity contribution in [1.29, 1.82) is 0 Å². The number of rotatable bonds is 0. The first kappa shape index (κ1) is 11.4. The number of hydrogen-bond donors (Lipinski definition) is 0. The Morgan fingerprint density at radius 2 is 1.89 bits per heavy atom. The molecular weight excluding hydrogens is 234 g/mol. The summed E-state index contributed by atoms with van der Waals surface area (Å²) in [6.07, 6.45) is 9.37. The first-order valence-electron chi connectivity index (χ1n) is 7.51. The zero-order valence-corrected chi connectivity index (χ0v) is 11.9.